The van der Waals surface area contributed by atoms with Crippen LogP contribution >= 0.6 is 0 Å². The molecule has 0 fully saturated rings. The summed E-state index contributed by atoms with van der Waals surface area (Å²) in [6.45, 7) is 0. The molecule has 16 heavy (non-hydrogen) atoms. The molecule has 0 radical (unpaired) electrons. The van der Waals surface area contributed by atoms with E-state index in [9.17, 15) is 23.7 Å². The van der Waals surface area contributed by atoms with Gasteiger partial charge in [0.15, 0.2) is 0 Å². The second kappa shape index (κ2) is 4.47. The van der Waals surface area contributed by atoms with Crippen LogP contribution < -0.4 is 0 Å². The van der Waals surface area contributed by atoms with Gasteiger partial charge >= 0.3 is 11.7 Å². The summed E-state index contributed by atoms with van der Waals surface area (Å²) >= 11 is 0. The predicted molar refractivity (Wildman–Crippen MR) is 49.7 cm³/mol. The summed E-state index contributed by atoms with van der Waals surface area (Å²) in [6.07, 6.45) is 1.30. The quantitative estimate of drug-likeness (QED) is 0.488. The number of rotatable bonds is 3. The van der Waals surface area contributed by atoms with Gasteiger partial charge in [0.2, 0.25) is 5.82 Å². The zero-order chi connectivity index (χ0) is 12.3. The van der Waals surface area contributed by atoms with Crippen molar-refractivity contribution >= 4 is 17.7 Å². The Morgan fingerprint density at radius 2 is 2.06 bits per heavy atom. The van der Waals surface area contributed by atoms with E-state index in [0.717, 1.165) is 6.08 Å². The van der Waals surface area contributed by atoms with Gasteiger partial charge in [0.05, 0.1) is 11.0 Å². The molecule has 7 heteroatoms. The van der Waals surface area contributed by atoms with E-state index < -0.39 is 33.8 Å². The number of nitrogens with zero attached hydrogens (tertiary/aromatic N) is 1. The normalized spacial score (nSPS) is 10.6. The summed E-state index contributed by atoms with van der Waals surface area (Å²) in [5.74, 6) is -3.66. The second-order valence-electron chi connectivity index (χ2n) is 2.76. The van der Waals surface area contributed by atoms with Crippen molar-refractivity contribution in [2.75, 3.05) is 0 Å². The average Bonchev–Trinajstić information content (AvgIpc) is 2.18. The third kappa shape index (κ3) is 2.59. The molecule has 0 unspecified atom stereocenters. The zero-order valence-corrected chi connectivity index (χ0v) is 7.68. The minimum Gasteiger partial charge on any atom is -0.478 e. The van der Waals surface area contributed by atoms with Gasteiger partial charge in [-0.15, -0.1) is 0 Å². The number of halogens is 2. The molecule has 0 heterocycles. The standard InChI is InChI=1S/C9H5F2NO4/c10-6-3-5(1-2-8(13)14)9(11)7(4-6)12(15)16/h1-4H,(H,13,14). The Morgan fingerprint density at radius 3 is 2.56 bits per heavy atom. The highest BCUT2D eigenvalue weighted by Crippen LogP contribution is 2.23. The first kappa shape index (κ1) is 11.8. The number of nitro groups is 1. The molecule has 0 saturated heterocycles. The molecule has 0 atom stereocenters. The lowest BCUT2D eigenvalue weighted by atomic mass is 10.1. The van der Waals surface area contributed by atoms with Crippen LogP contribution in [0.5, 0.6) is 0 Å². The molecule has 84 valence electrons. The third-order valence-electron chi connectivity index (χ3n) is 1.65. The van der Waals surface area contributed by atoms with Crippen LogP contribution in [0.15, 0.2) is 18.2 Å². The highest BCUT2D eigenvalue weighted by atomic mass is 19.1. The van der Waals surface area contributed by atoms with E-state index in [1.165, 1.54) is 0 Å². The minimum atomic E-state index is -1.37. The fourth-order valence-electron chi connectivity index (χ4n) is 1.01. The van der Waals surface area contributed by atoms with Crippen LogP contribution in [0.1, 0.15) is 5.56 Å². The topological polar surface area (TPSA) is 80.4 Å². The molecular weight excluding hydrogens is 224 g/mol. The summed E-state index contributed by atoms with van der Waals surface area (Å²) < 4.78 is 26.1. The van der Waals surface area contributed by atoms with E-state index in [-0.39, 0.29) is 0 Å². The summed E-state index contributed by atoms with van der Waals surface area (Å²) in [5, 5.41) is 18.6. The molecule has 1 rings (SSSR count). The van der Waals surface area contributed by atoms with Crippen LogP contribution in [0, 0.1) is 21.7 Å². The molecule has 0 aromatic heterocycles. The number of benzene rings is 1. The molecule has 0 bridgehead atoms. The molecule has 0 aliphatic carbocycles. The Hall–Kier alpha value is -2.31. The number of carboxylic acids is 1. The lowest BCUT2D eigenvalue weighted by molar-refractivity contribution is -0.387. The van der Waals surface area contributed by atoms with Gasteiger partial charge in [-0.05, 0) is 12.1 Å². The largest absolute Gasteiger partial charge is 0.478 e. The van der Waals surface area contributed by atoms with Crippen LogP contribution in [0.2, 0.25) is 0 Å². The number of aliphatic carboxylic acids is 1. The zero-order valence-electron chi connectivity index (χ0n) is 7.68. The first-order valence-electron chi connectivity index (χ1n) is 3.96. The highest BCUT2D eigenvalue weighted by molar-refractivity contribution is 5.85. The summed E-state index contributed by atoms with van der Waals surface area (Å²) in [7, 11) is 0. The van der Waals surface area contributed by atoms with Gasteiger partial charge in [0.1, 0.15) is 5.82 Å². The maximum atomic E-state index is 13.3. The van der Waals surface area contributed by atoms with Crippen molar-refractivity contribution in [3.8, 4) is 0 Å². The Balaban J connectivity index is 3.29. The Bertz CT molecular complexity index is 485. The minimum absolute atomic E-state index is 0.424. The molecule has 0 aliphatic heterocycles. The number of hydrogen-bond acceptors (Lipinski definition) is 3. The van der Waals surface area contributed by atoms with Crippen LogP contribution in [0.25, 0.3) is 6.08 Å². The number of carbonyl (C=O) groups is 1. The summed E-state index contributed by atoms with van der Waals surface area (Å²) in [5.41, 5.74) is -1.53. The molecule has 0 saturated carbocycles. The Labute approximate surface area is 87.8 Å². The van der Waals surface area contributed by atoms with E-state index >= 15 is 0 Å². The number of nitro benzene ring substituents is 1. The van der Waals surface area contributed by atoms with Crippen molar-refractivity contribution < 1.29 is 23.6 Å². The fraction of sp³-hybridized carbons (Fsp3) is 0. The number of hydrogen-bond donors (Lipinski definition) is 1. The maximum absolute atomic E-state index is 13.3. The van der Waals surface area contributed by atoms with Crippen LogP contribution in [-0.2, 0) is 4.79 Å². The van der Waals surface area contributed by atoms with Gasteiger partial charge in [-0.3, -0.25) is 10.1 Å². The lowest BCUT2D eigenvalue weighted by Gasteiger charge is -1.98. The maximum Gasteiger partial charge on any atom is 0.328 e. The molecule has 0 amide bonds. The summed E-state index contributed by atoms with van der Waals surface area (Å²) in [4.78, 5) is 19.4. The van der Waals surface area contributed by atoms with Gasteiger partial charge in [0.25, 0.3) is 0 Å². The highest BCUT2D eigenvalue weighted by Gasteiger charge is 2.18. The first-order chi connectivity index (χ1) is 7.41. The van der Waals surface area contributed by atoms with Crippen molar-refractivity contribution in [1.82, 2.24) is 0 Å². The van der Waals surface area contributed by atoms with E-state index in [4.69, 9.17) is 5.11 Å². The molecule has 5 nitrogen and oxygen atoms in total. The van der Waals surface area contributed by atoms with E-state index in [2.05, 4.69) is 0 Å². The average molecular weight is 229 g/mol. The van der Waals surface area contributed by atoms with Crippen LogP contribution in [0.3, 0.4) is 0 Å². The Morgan fingerprint density at radius 1 is 1.44 bits per heavy atom. The van der Waals surface area contributed by atoms with Crippen LogP contribution in [0.4, 0.5) is 14.5 Å². The molecule has 0 aliphatic rings. The van der Waals surface area contributed by atoms with E-state index in [0.29, 0.717) is 18.2 Å². The molecule has 0 spiro atoms. The third-order valence-corrected chi connectivity index (χ3v) is 1.65. The SMILES string of the molecule is O=C(O)C=Cc1cc(F)cc([N+](=O)[O-])c1F. The fourth-order valence-corrected chi connectivity index (χ4v) is 1.01. The van der Waals surface area contributed by atoms with E-state index in [1.807, 2.05) is 0 Å². The molecular formula is C9H5F2NO4. The number of carboxylic acid groups (broad SMARTS) is 1. The van der Waals surface area contributed by atoms with Gasteiger partial charge in [-0.25, -0.2) is 9.18 Å². The van der Waals surface area contributed by atoms with Gasteiger partial charge in [-0.2, -0.15) is 4.39 Å². The first-order valence-corrected chi connectivity index (χ1v) is 3.96. The second-order valence-corrected chi connectivity index (χ2v) is 2.76. The van der Waals surface area contributed by atoms with Crippen molar-refractivity contribution in [2.45, 2.75) is 0 Å². The van der Waals surface area contributed by atoms with Crippen molar-refractivity contribution in [3.63, 3.8) is 0 Å². The lowest BCUT2D eigenvalue weighted by Crippen LogP contribution is -1.97. The van der Waals surface area contributed by atoms with E-state index in [1.54, 1.807) is 0 Å². The van der Waals surface area contributed by atoms with Crippen molar-refractivity contribution in [2.24, 2.45) is 0 Å². The van der Waals surface area contributed by atoms with Gasteiger partial charge in [-0.1, -0.05) is 0 Å². The molecule has 1 N–H and O–H groups in total. The summed E-state index contributed by atoms with van der Waals surface area (Å²) in [6, 6.07) is 1.09. The molecule has 1 aromatic rings. The predicted octanol–water partition coefficient (Wildman–Crippen LogP) is 1.97. The monoisotopic (exact) mass is 229 g/mol. The van der Waals surface area contributed by atoms with Crippen molar-refractivity contribution in [3.05, 3.63) is 45.5 Å². The van der Waals surface area contributed by atoms with Crippen LogP contribution in [-0.4, -0.2) is 16.0 Å². The smallest absolute Gasteiger partial charge is 0.328 e. The van der Waals surface area contributed by atoms with Gasteiger partial charge in [0, 0.05) is 11.6 Å². The van der Waals surface area contributed by atoms with Crippen molar-refractivity contribution in [1.29, 1.82) is 0 Å². The molecule has 1 aromatic carbocycles. The van der Waals surface area contributed by atoms with Gasteiger partial charge < -0.3 is 5.11 Å². The Kier molecular flexibility index (Phi) is 3.29.